The van der Waals surface area contributed by atoms with Crippen LogP contribution in [0.1, 0.15) is 49.7 Å². The summed E-state index contributed by atoms with van der Waals surface area (Å²) in [5.41, 5.74) is 3.54. The van der Waals surface area contributed by atoms with E-state index in [-0.39, 0.29) is 11.6 Å². The first-order chi connectivity index (χ1) is 17.3. The van der Waals surface area contributed by atoms with Gasteiger partial charge < -0.3 is 10.2 Å². The predicted molar refractivity (Wildman–Crippen MR) is 142 cm³/mol. The fourth-order valence-electron chi connectivity index (χ4n) is 4.61. The van der Waals surface area contributed by atoms with Crippen molar-refractivity contribution in [1.29, 1.82) is 0 Å². The Morgan fingerprint density at radius 1 is 1.06 bits per heavy atom. The number of carbonyl (C=O) groups is 1. The average Bonchev–Trinajstić information content (AvgIpc) is 2.85. The number of nitrogens with one attached hydrogen (secondary N) is 1. The lowest BCUT2D eigenvalue weighted by molar-refractivity contribution is 0.181. The van der Waals surface area contributed by atoms with E-state index in [4.69, 9.17) is 4.98 Å². The lowest BCUT2D eigenvalue weighted by atomic mass is 10.1. The highest BCUT2D eigenvalue weighted by Crippen LogP contribution is 2.28. The number of aryl methyl sites for hydroxylation is 2. The summed E-state index contributed by atoms with van der Waals surface area (Å²) in [6.07, 6.45) is 1.24. The molecule has 0 aliphatic rings. The molecular formula is C29H31FN4O2. The van der Waals surface area contributed by atoms with Crippen LogP contribution in [0.2, 0.25) is 0 Å². The van der Waals surface area contributed by atoms with Crippen LogP contribution in [-0.2, 0) is 0 Å². The van der Waals surface area contributed by atoms with Crippen molar-refractivity contribution in [3.63, 3.8) is 0 Å². The van der Waals surface area contributed by atoms with Crippen molar-refractivity contribution >= 4 is 22.6 Å². The number of benzene rings is 3. The number of aromatic nitrogens is 2. The highest BCUT2D eigenvalue weighted by molar-refractivity contribution is 5.89. The lowest BCUT2D eigenvalue weighted by Crippen LogP contribution is -2.41. The monoisotopic (exact) mass is 486 g/mol. The van der Waals surface area contributed by atoms with Gasteiger partial charge in [0.15, 0.2) is 0 Å². The maximum absolute atomic E-state index is 13.8. The summed E-state index contributed by atoms with van der Waals surface area (Å²) in [6, 6.07) is 18.1. The summed E-state index contributed by atoms with van der Waals surface area (Å²) in [7, 11) is 0. The minimum atomic E-state index is -0.489. The molecule has 0 fully saturated rings. The number of rotatable bonds is 7. The number of urea groups is 1. The summed E-state index contributed by atoms with van der Waals surface area (Å²) in [5, 5.41) is 3.33. The summed E-state index contributed by atoms with van der Waals surface area (Å²) >= 11 is 0. The molecule has 0 aliphatic carbocycles. The molecule has 1 aromatic heterocycles. The fraction of sp³-hybridized carbons (Fsp3) is 0.276. The number of fused-ring (bicyclic) bond motifs is 1. The molecule has 0 saturated heterocycles. The highest BCUT2D eigenvalue weighted by Gasteiger charge is 2.29. The Labute approximate surface area is 210 Å². The number of hydrogen-bond donors (Lipinski definition) is 1. The van der Waals surface area contributed by atoms with E-state index >= 15 is 0 Å². The van der Waals surface area contributed by atoms with Crippen molar-refractivity contribution in [1.82, 2.24) is 14.5 Å². The molecule has 0 bridgehead atoms. The zero-order valence-electron chi connectivity index (χ0n) is 21.1. The van der Waals surface area contributed by atoms with Gasteiger partial charge in [-0.2, -0.15) is 0 Å². The van der Waals surface area contributed by atoms with Crippen LogP contribution in [0.25, 0.3) is 16.6 Å². The van der Waals surface area contributed by atoms with Gasteiger partial charge in [-0.15, -0.1) is 0 Å². The van der Waals surface area contributed by atoms with Gasteiger partial charge in [0.1, 0.15) is 11.6 Å². The van der Waals surface area contributed by atoms with E-state index in [1.165, 1.54) is 12.1 Å². The smallest absolute Gasteiger partial charge is 0.314 e. The molecule has 0 spiro atoms. The van der Waals surface area contributed by atoms with Crippen LogP contribution in [-0.4, -0.2) is 27.0 Å². The van der Waals surface area contributed by atoms with Gasteiger partial charge in [-0.25, -0.2) is 14.2 Å². The number of para-hydroxylation sites is 1. The van der Waals surface area contributed by atoms with Crippen LogP contribution in [0.3, 0.4) is 0 Å². The number of halogens is 1. The molecule has 6 nitrogen and oxygen atoms in total. The Balaban J connectivity index is 1.89. The van der Waals surface area contributed by atoms with Gasteiger partial charge in [-0.3, -0.25) is 9.36 Å². The third kappa shape index (κ3) is 5.00. The normalized spacial score (nSPS) is 11.9. The number of anilines is 1. The van der Waals surface area contributed by atoms with Crippen molar-refractivity contribution < 1.29 is 9.18 Å². The maximum Gasteiger partial charge on any atom is 0.322 e. The standard InChI is InChI=1S/C29H31FN4O2/c1-5-16-33(29(36)31-22-11-9-10-21(30)18-22)25(6-2)27-32-24-13-8-7-12-23(24)28(35)34(27)26-15-14-19(3)17-20(26)4/h7-15,17-18,25H,5-6,16H2,1-4H3,(H,31,36). The number of carbonyl (C=O) groups excluding carboxylic acids is 1. The van der Waals surface area contributed by atoms with Crippen molar-refractivity contribution in [2.24, 2.45) is 0 Å². The second-order valence-corrected chi connectivity index (χ2v) is 8.98. The second-order valence-electron chi connectivity index (χ2n) is 8.98. The highest BCUT2D eigenvalue weighted by atomic mass is 19.1. The van der Waals surface area contributed by atoms with Gasteiger partial charge in [-0.1, -0.05) is 49.7 Å². The van der Waals surface area contributed by atoms with E-state index < -0.39 is 11.9 Å². The van der Waals surface area contributed by atoms with Crippen molar-refractivity contribution in [3.05, 3.63) is 99.9 Å². The SMILES string of the molecule is CCCN(C(=O)Nc1cccc(F)c1)C(CC)c1nc2ccccc2c(=O)n1-c1ccc(C)cc1C. The Morgan fingerprint density at radius 2 is 1.83 bits per heavy atom. The predicted octanol–water partition coefficient (Wildman–Crippen LogP) is 6.54. The molecule has 2 amide bonds. The molecule has 0 saturated carbocycles. The summed E-state index contributed by atoms with van der Waals surface area (Å²) in [6.45, 7) is 8.37. The molecule has 4 rings (SSSR count). The van der Waals surface area contributed by atoms with Gasteiger partial charge in [0.25, 0.3) is 5.56 Å². The summed E-state index contributed by atoms with van der Waals surface area (Å²) in [5.74, 6) is 0.0674. The van der Waals surface area contributed by atoms with Gasteiger partial charge in [0.2, 0.25) is 0 Å². The third-order valence-corrected chi connectivity index (χ3v) is 6.26. The molecule has 0 aliphatic heterocycles. The van der Waals surface area contributed by atoms with E-state index in [0.29, 0.717) is 41.8 Å². The van der Waals surface area contributed by atoms with Crippen LogP contribution >= 0.6 is 0 Å². The van der Waals surface area contributed by atoms with Crippen LogP contribution in [0.15, 0.2) is 71.5 Å². The quantitative estimate of drug-likeness (QED) is 0.323. The third-order valence-electron chi connectivity index (χ3n) is 6.26. The van der Waals surface area contributed by atoms with Crippen LogP contribution in [0, 0.1) is 19.7 Å². The second kappa shape index (κ2) is 10.7. The minimum absolute atomic E-state index is 0.178. The first-order valence-electron chi connectivity index (χ1n) is 12.3. The first-order valence-corrected chi connectivity index (χ1v) is 12.3. The topological polar surface area (TPSA) is 67.2 Å². The van der Waals surface area contributed by atoms with Gasteiger partial charge >= 0.3 is 6.03 Å². The molecule has 0 radical (unpaired) electrons. The van der Waals surface area contributed by atoms with E-state index in [0.717, 1.165) is 16.8 Å². The maximum atomic E-state index is 13.8. The molecule has 7 heteroatoms. The Bertz CT molecular complexity index is 1460. The Hall–Kier alpha value is -4.00. The molecule has 3 aromatic carbocycles. The Morgan fingerprint density at radius 3 is 2.53 bits per heavy atom. The van der Waals surface area contributed by atoms with Crippen LogP contribution in [0.5, 0.6) is 0 Å². The van der Waals surface area contributed by atoms with E-state index in [1.54, 1.807) is 27.7 Å². The fourth-order valence-corrected chi connectivity index (χ4v) is 4.61. The molecule has 1 unspecified atom stereocenters. The molecule has 186 valence electrons. The molecule has 1 atom stereocenters. The van der Waals surface area contributed by atoms with Crippen molar-refractivity contribution in [3.8, 4) is 5.69 Å². The Kier molecular flexibility index (Phi) is 7.48. The van der Waals surface area contributed by atoms with Crippen molar-refractivity contribution in [2.75, 3.05) is 11.9 Å². The lowest BCUT2D eigenvalue weighted by Gasteiger charge is -2.32. The molecule has 1 N–H and O–H groups in total. The molecular weight excluding hydrogens is 455 g/mol. The molecule has 4 aromatic rings. The van der Waals surface area contributed by atoms with Gasteiger partial charge in [-0.05, 0) is 68.7 Å². The average molecular weight is 487 g/mol. The zero-order valence-corrected chi connectivity index (χ0v) is 21.1. The summed E-state index contributed by atoms with van der Waals surface area (Å²) in [4.78, 5) is 33.9. The van der Waals surface area contributed by atoms with Crippen molar-refractivity contribution in [2.45, 2.75) is 46.6 Å². The van der Waals surface area contributed by atoms with Crippen LogP contribution in [0.4, 0.5) is 14.9 Å². The first kappa shape index (κ1) is 25.1. The number of amides is 2. The zero-order chi connectivity index (χ0) is 25.8. The van der Waals surface area contributed by atoms with E-state index in [1.807, 2.05) is 64.1 Å². The van der Waals surface area contributed by atoms with Gasteiger partial charge in [0, 0.05) is 12.2 Å². The van der Waals surface area contributed by atoms with Gasteiger partial charge in [0.05, 0.1) is 22.6 Å². The molecule has 36 heavy (non-hydrogen) atoms. The number of hydrogen-bond acceptors (Lipinski definition) is 3. The van der Waals surface area contributed by atoms with E-state index in [9.17, 15) is 14.0 Å². The molecule has 1 heterocycles. The summed E-state index contributed by atoms with van der Waals surface area (Å²) < 4.78 is 15.4. The minimum Gasteiger partial charge on any atom is -0.314 e. The van der Waals surface area contributed by atoms with E-state index in [2.05, 4.69) is 5.32 Å². The van der Waals surface area contributed by atoms with Crippen LogP contribution < -0.4 is 10.9 Å². The number of nitrogens with zero attached hydrogens (tertiary/aromatic N) is 3. The largest absolute Gasteiger partial charge is 0.322 e.